The first kappa shape index (κ1) is 15.6. The molecule has 22 heavy (non-hydrogen) atoms. The second-order valence-electron chi connectivity index (χ2n) is 4.24. The number of nitrogens with zero attached hydrogens (tertiary/aromatic N) is 1. The van der Waals surface area contributed by atoms with Crippen LogP contribution in [0.4, 0.5) is 21.9 Å². The van der Waals surface area contributed by atoms with E-state index >= 15 is 0 Å². The molecular formula is C14H14N4O3S. The highest BCUT2D eigenvalue weighted by atomic mass is 32.2. The van der Waals surface area contributed by atoms with E-state index in [0.29, 0.717) is 11.4 Å². The number of carbonyl (C=O) groups excluding carboxylic acids is 1. The molecule has 0 unspecified atom stereocenters. The summed E-state index contributed by atoms with van der Waals surface area (Å²) < 4.78 is 0. The van der Waals surface area contributed by atoms with Gasteiger partial charge in [0.2, 0.25) is 0 Å². The Bertz CT molecular complexity index is 676. The van der Waals surface area contributed by atoms with Crippen molar-refractivity contribution in [1.29, 1.82) is 0 Å². The molecular weight excluding hydrogens is 304 g/mol. The minimum Gasteiger partial charge on any atom is -0.307 e. The smallest absolute Gasteiger partial charge is 0.307 e. The summed E-state index contributed by atoms with van der Waals surface area (Å²) in [4.78, 5) is 22.9. The van der Waals surface area contributed by atoms with Gasteiger partial charge in [0.25, 0.3) is 5.69 Å². The third-order valence-electron chi connectivity index (χ3n) is 2.73. The molecule has 114 valence electrons. The first-order valence-electron chi connectivity index (χ1n) is 6.30. The van der Waals surface area contributed by atoms with Crippen LogP contribution in [0.1, 0.15) is 0 Å². The predicted molar refractivity (Wildman–Crippen MR) is 87.1 cm³/mol. The van der Waals surface area contributed by atoms with Gasteiger partial charge in [0.15, 0.2) is 0 Å². The molecule has 2 rings (SSSR count). The number of non-ortho nitro benzene ring substituents is 1. The maximum Gasteiger partial charge on any atom is 0.337 e. The van der Waals surface area contributed by atoms with Crippen molar-refractivity contribution in [3.63, 3.8) is 0 Å². The molecule has 8 heteroatoms. The van der Waals surface area contributed by atoms with E-state index in [1.54, 1.807) is 17.8 Å². The molecule has 0 aliphatic heterocycles. The molecule has 3 N–H and O–H groups in total. The molecule has 2 amide bonds. The third kappa shape index (κ3) is 4.38. The zero-order valence-corrected chi connectivity index (χ0v) is 12.5. The van der Waals surface area contributed by atoms with Gasteiger partial charge in [0.1, 0.15) is 0 Å². The number of amides is 2. The van der Waals surface area contributed by atoms with Crippen LogP contribution in [0.15, 0.2) is 53.4 Å². The molecule has 0 heterocycles. The van der Waals surface area contributed by atoms with Crippen molar-refractivity contribution in [2.24, 2.45) is 0 Å². The summed E-state index contributed by atoms with van der Waals surface area (Å²) in [6.45, 7) is 0. The Kier molecular flexibility index (Phi) is 5.21. The number of hydrogen-bond donors (Lipinski definition) is 3. The Hall–Kier alpha value is -2.74. The lowest BCUT2D eigenvalue weighted by molar-refractivity contribution is -0.384. The van der Waals surface area contributed by atoms with Crippen molar-refractivity contribution in [3.05, 3.63) is 58.6 Å². The first-order chi connectivity index (χ1) is 10.6. The molecule has 0 aliphatic carbocycles. The van der Waals surface area contributed by atoms with Gasteiger partial charge in [-0.1, -0.05) is 6.07 Å². The minimum absolute atomic E-state index is 0.0103. The van der Waals surface area contributed by atoms with Crippen molar-refractivity contribution < 1.29 is 9.72 Å². The fraction of sp³-hybridized carbons (Fsp3) is 0.0714. The number of nitro benzene ring substituents is 1. The zero-order valence-electron chi connectivity index (χ0n) is 11.7. The molecule has 0 spiro atoms. The molecule has 0 fully saturated rings. The quantitative estimate of drug-likeness (QED) is 0.445. The average molecular weight is 318 g/mol. The monoisotopic (exact) mass is 318 g/mol. The Balaban J connectivity index is 1.88. The van der Waals surface area contributed by atoms with E-state index in [2.05, 4.69) is 16.2 Å². The molecule has 2 aromatic carbocycles. The van der Waals surface area contributed by atoms with Gasteiger partial charge in [-0.25, -0.2) is 4.79 Å². The summed E-state index contributed by atoms with van der Waals surface area (Å²) >= 11 is 1.58. The van der Waals surface area contributed by atoms with Gasteiger partial charge in [-0.15, -0.1) is 11.8 Å². The maximum absolute atomic E-state index is 11.8. The Morgan fingerprint density at radius 3 is 2.50 bits per heavy atom. The van der Waals surface area contributed by atoms with Gasteiger partial charge in [-0.05, 0) is 36.6 Å². The van der Waals surface area contributed by atoms with Crippen LogP contribution in [-0.4, -0.2) is 17.2 Å². The summed E-state index contributed by atoms with van der Waals surface area (Å²) in [5.41, 5.74) is 6.33. The Morgan fingerprint density at radius 1 is 1.14 bits per heavy atom. The normalized spacial score (nSPS) is 9.86. The number of carbonyl (C=O) groups is 1. The number of anilines is 2. The highest BCUT2D eigenvalue weighted by Gasteiger charge is 2.05. The zero-order chi connectivity index (χ0) is 15.9. The van der Waals surface area contributed by atoms with Gasteiger partial charge in [0.05, 0.1) is 10.6 Å². The van der Waals surface area contributed by atoms with Crippen LogP contribution in [0.3, 0.4) is 0 Å². The van der Waals surface area contributed by atoms with Crippen LogP contribution in [-0.2, 0) is 0 Å². The van der Waals surface area contributed by atoms with Crippen molar-refractivity contribution in [1.82, 2.24) is 5.43 Å². The molecule has 2 aromatic rings. The summed E-state index contributed by atoms with van der Waals surface area (Å²) in [6, 6.07) is 12.7. The number of nitro groups is 1. The molecule has 0 atom stereocenters. The standard InChI is InChI=1S/C14H14N4O3S/c1-22-13-4-2-3-11(9-13)15-14(19)17-16-10-5-7-12(8-6-10)18(20)21/h2-9,16H,1H3,(H2,15,17,19). The van der Waals surface area contributed by atoms with E-state index in [9.17, 15) is 14.9 Å². The van der Waals surface area contributed by atoms with E-state index < -0.39 is 11.0 Å². The number of rotatable bonds is 5. The summed E-state index contributed by atoms with van der Waals surface area (Å²) in [5.74, 6) is 0. The second kappa shape index (κ2) is 7.32. The van der Waals surface area contributed by atoms with E-state index in [-0.39, 0.29) is 5.69 Å². The fourth-order valence-corrected chi connectivity index (χ4v) is 2.12. The van der Waals surface area contributed by atoms with Gasteiger partial charge < -0.3 is 5.32 Å². The lowest BCUT2D eigenvalue weighted by Crippen LogP contribution is -2.33. The van der Waals surface area contributed by atoms with Crippen molar-refractivity contribution in [2.45, 2.75) is 4.90 Å². The number of hydrazine groups is 1. The van der Waals surface area contributed by atoms with Crippen molar-refractivity contribution >= 4 is 34.9 Å². The predicted octanol–water partition coefficient (Wildman–Crippen LogP) is 3.47. The Labute approximate surface area is 131 Å². The van der Waals surface area contributed by atoms with Crippen LogP contribution in [0.2, 0.25) is 0 Å². The van der Waals surface area contributed by atoms with Gasteiger partial charge in [-0.2, -0.15) is 0 Å². The molecule has 0 saturated carbocycles. The fourth-order valence-electron chi connectivity index (χ4n) is 1.66. The number of benzene rings is 2. The summed E-state index contributed by atoms with van der Waals surface area (Å²) in [6.07, 6.45) is 1.95. The molecule has 0 radical (unpaired) electrons. The topological polar surface area (TPSA) is 96.3 Å². The van der Waals surface area contributed by atoms with Crippen LogP contribution in [0.5, 0.6) is 0 Å². The molecule has 0 aliphatic rings. The van der Waals surface area contributed by atoms with Crippen LogP contribution in [0, 0.1) is 10.1 Å². The van der Waals surface area contributed by atoms with Crippen molar-refractivity contribution in [2.75, 3.05) is 17.0 Å². The SMILES string of the molecule is CSc1cccc(NC(=O)NNc2ccc([N+](=O)[O-])cc2)c1. The van der Waals surface area contributed by atoms with Gasteiger partial charge in [-0.3, -0.25) is 21.0 Å². The number of urea groups is 1. The lowest BCUT2D eigenvalue weighted by atomic mass is 10.3. The lowest BCUT2D eigenvalue weighted by Gasteiger charge is -2.10. The third-order valence-corrected chi connectivity index (χ3v) is 3.45. The molecule has 0 saturated heterocycles. The van der Waals surface area contributed by atoms with Crippen LogP contribution < -0.4 is 16.2 Å². The Morgan fingerprint density at radius 2 is 1.86 bits per heavy atom. The molecule has 0 aromatic heterocycles. The van der Waals surface area contributed by atoms with Gasteiger partial charge >= 0.3 is 6.03 Å². The minimum atomic E-state index is -0.483. The first-order valence-corrected chi connectivity index (χ1v) is 7.52. The number of nitrogens with one attached hydrogen (secondary N) is 3. The highest BCUT2D eigenvalue weighted by molar-refractivity contribution is 7.98. The van der Waals surface area contributed by atoms with Crippen LogP contribution >= 0.6 is 11.8 Å². The average Bonchev–Trinajstić information content (AvgIpc) is 2.53. The van der Waals surface area contributed by atoms with E-state index in [1.165, 1.54) is 24.3 Å². The number of thioether (sulfide) groups is 1. The molecule has 7 nitrogen and oxygen atoms in total. The summed E-state index contributed by atoms with van der Waals surface area (Å²) in [5, 5.41) is 13.2. The van der Waals surface area contributed by atoms with Crippen molar-refractivity contribution in [3.8, 4) is 0 Å². The van der Waals surface area contributed by atoms with E-state index in [1.807, 2.05) is 24.5 Å². The largest absolute Gasteiger partial charge is 0.337 e. The summed E-state index contributed by atoms with van der Waals surface area (Å²) in [7, 11) is 0. The number of hydrogen-bond acceptors (Lipinski definition) is 5. The van der Waals surface area contributed by atoms with E-state index in [0.717, 1.165) is 4.90 Å². The van der Waals surface area contributed by atoms with Crippen LogP contribution in [0.25, 0.3) is 0 Å². The highest BCUT2D eigenvalue weighted by Crippen LogP contribution is 2.19. The van der Waals surface area contributed by atoms with E-state index in [4.69, 9.17) is 0 Å². The second-order valence-corrected chi connectivity index (χ2v) is 5.12. The maximum atomic E-state index is 11.8. The van der Waals surface area contributed by atoms with Gasteiger partial charge in [0, 0.05) is 22.7 Å². The molecule has 0 bridgehead atoms.